The average Bonchev–Trinajstić information content (AvgIpc) is 2.20. The van der Waals surface area contributed by atoms with Crippen molar-refractivity contribution in [3.05, 3.63) is 28.2 Å². The number of ether oxygens (including phenoxy) is 1. The molecule has 2 N–H and O–H groups in total. The Morgan fingerprint density at radius 3 is 2.76 bits per heavy atom. The maximum atomic E-state index is 11.7. The summed E-state index contributed by atoms with van der Waals surface area (Å²) in [6.45, 7) is 0.510. The first kappa shape index (κ1) is 12.4. The van der Waals surface area contributed by atoms with Gasteiger partial charge < -0.3 is 10.5 Å². The lowest BCUT2D eigenvalue weighted by molar-refractivity contribution is 0.0464. The standard InChI is InChI=1S/C13H16BrNO2/c14-11-6-10(7-12(15)8-11)13(16)17-5-4-9-2-1-3-9/h6-9H,1-5,15H2. The van der Waals surface area contributed by atoms with Crippen molar-refractivity contribution in [3.8, 4) is 0 Å². The Morgan fingerprint density at radius 2 is 2.18 bits per heavy atom. The van der Waals surface area contributed by atoms with Crippen molar-refractivity contribution in [2.45, 2.75) is 25.7 Å². The van der Waals surface area contributed by atoms with E-state index in [1.165, 1.54) is 19.3 Å². The number of carbonyl (C=O) groups is 1. The number of nitrogens with two attached hydrogens (primary N) is 1. The normalized spacial score (nSPS) is 15.4. The van der Waals surface area contributed by atoms with Crippen molar-refractivity contribution in [3.63, 3.8) is 0 Å². The molecule has 1 saturated carbocycles. The number of benzene rings is 1. The molecule has 1 fully saturated rings. The van der Waals surface area contributed by atoms with Crippen LogP contribution in [0.25, 0.3) is 0 Å². The van der Waals surface area contributed by atoms with Gasteiger partial charge in [0.1, 0.15) is 0 Å². The lowest BCUT2D eigenvalue weighted by Gasteiger charge is -2.24. The fourth-order valence-corrected chi connectivity index (χ4v) is 2.42. The number of nitrogen functional groups attached to an aromatic ring is 1. The van der Waals surface area contributed by atoms with Gasteiger partial charge in [-0.1, -0.05) is 35.2 Å². The Bertz CT molecular complexity index is 396. The molecule has 0 unspecified atom stereocenters. The zero-order valence-electron chi connectivity index (χ0n) is 9.62. The van der Waals surface area contributed by atoms with Crippen molar-refractivity contribution >= 4 is 27.6 Å². The Morgan fingerprint density at radius 1 is 1.41 bits per heavy atom. The first-order valence-electron chi connectivity index (χ1n) is 5.88. The van der Waals surface area contributed by atoms with Crippen LogP contribution in [0.4, 0.5) is 5.69 Å². The molecule has 0 saturated heterocycles. The summed E-state index contributed by atoms with van der Waals surface area (Å²) in [4.78, 5) is 11.7. The zero-order chi connectivity index (χ0) is 12.3. The van der Waals surface area contributed by atoms with Gasteiger partial charge in [-0.25, -0.2) is 4.79 Å². The molecule has 1 aliphatic carbocycles. The summed E-state index contributed by atoms with van der Waals surface area (Å²) in [5, 5.41) is 0. The summed E-state index contributed by atoms with van der Waals surface area (Å²) in [5.41, 5.74) is 6.73. The molecule has 0 aromatic heterocycles. The van der Waals surface area contributed by atoms with Gasteiger partial charge >= 0.3 is 5.97 Å². The largest absolute Gasteiger partial charge is 0.462 e. The molecular weight excluding hydrogens is 282 g/mol. The molecule has 0 radical (unpaired) electrons. The van der Waals surface area contributed by atoms with Crippen molar-refractivity contribution < 1.29 is 9.53 Å². The monoisotopic (exact) mass is 297 g/mol. The molecule has 0 aliphatic heterocycles. The molecule has 2 rings (SSSR count). The van der Waals surface area contributed by atoms with Crippen LogP contribution in [-0.4, -0.2) is 12.6 Å². The van der Waals surface area contributed by atoms with E-state index in [1.807, 2.05) is 0 Å². The van der Waals surface area contributed by atoms with Crippen LogP contribution in [-0.2, 0) is 4.74 Å². The third-order valence-corrected chi connectivity index (χ3v) is 3.60. The first-order chi connectivity index (χ1) is 8.15. The minimum Gasteiger partial charge on any atom is -0.462 e. The molecule has 3 nitrogen and oxygen atoms in total. The Kier molecular flexibility index (Phi) is 4.05. The smallest absolute Gasteiger partial charge is 0.338 e. The number of carbonyl (C=O) groups excluding carboxylic acids is 1. The highest BCUT2D eigenvalue weighted by molar-refractivity contribution is 9.10. The number of halogens is 1. The van der Waals surface area contributed by atoms with E-state index in [-0.39, 0.29) is 5.97 Å². The predicted molar refractivity (Wildman–Crippen MR) is 70.8 cm³/mol. The molecule has 92 valence electrons. The van der Waals surface area contributed by atoms with E-state index in [1.54, 1.807) is 18.2 Å². The van der Waals surface area contributed by atoms with Gasteiger partial charge in [0.25, 0.3) is 0 Å². The van der Waals surface area contributed by atoms with Gasteiger partial charge in [-0.15, -0.1) is 0 Å². The molecule has 17 heavy (non-hydrogen) atoms. The summed E-state index contributed by atoms with van der Waals surface area (Å²) < 4.78 is 6.02. The fourth-order valence-electron chi connectivity index (χ4n) is 1.91. The molecule has 0 spiro atoms. The summed E-state index contributed by atoms with van der Waals surface area (Å²) in [7, 11) is 0. The van der Waals surface area contributed by atoms with Gasteiger partial charge in [-0.2, -0.15) is 0 Å². The summed E-state index contributed by atoms with van der Waals surface area (Å²) >= 11 is 3.31. The number of rotatable bonds is 4. The van der Waals surface area contributed by atoms with Crippen molar-refractivity contribution in [1.82, 2.24) is 0 Å². The molecule has 0 atom stereocenters. The van der Waals surface area contributed by atoms with Crippen LogP contribution >= 0.6 is 15.9 Å². The van der Waals surface area contributed by atoms with Gasteiger partial charge in [-0.3, -0.25) is 0 Å². The van der Waals surface area contributed by atoms with Gasteiger partial charge in [0, 0.05) is 10.2 Å². The highest BCUT2D eigenvalue weighted by Crippen LogP contribution is 2.29. The lowest BCUT2D eigenvalue weighted by atomic mass is 9.83. The topological polar surface area (TPSA) is 52.3 Å². The van der Waals surface area contributed by atoms with E-state index in [2.05, 4.69) is 15.9 Å². The minimum atomic E-state index is -0.294. The predicted octanol–water partition coefficient (Wildman–Crippen LogP) is 3.38. The van der Waals surface area contributed by atoms with Gasteiger partial charge in [-0.05, 0) is 30.5 Å². The van der Waals surface area contributed by atoms with Crippen LogP contribution in [0.1, 0.15) is 36.0 Å². The van der Waals surface area contributed by atoms with Gasteiger partial charge in [0.15, 0.2) is 0 Å². The second-order valence-corrected chi connectivity index (χ2v) is 5.41. The first-order valence-corrected chi connectivity index (χ1v) is 6.67. The van der Waals surface area contributed by atoms with Crippen LogP contribution in [0, 0.1) is 5.92 Å². The van der Waals surface area contributed by atoms with Crippen LogP contribution < -0.4 is 5.73 Å². The van der Waals surface area contributed by atoms with E-state index >= 15 is 0 Å². The minimum absolute atomic E-state index is 0.294. The number of hydrogen-bond donors (Lipinski definition) is 1. The number of hydrogen-bond acceptors (Lipinski definition) is 3. The van der Waals surface area contributed by atoms with E-state index in [0.29, 0.717) is 17.9 Å². The average molecular weight is 298 g/mol. The molecule has 0 heterocycles. The maximum absolute atomic E-state index is 11.7. The zero-order valence-corrected chi connectivity index (χ0v) is 11.2. The summed E-state index contributed by atoms with van der Waals surface area (Å²) in [5.74, 6) is 0.465. The Hall–Kier alpha value is -1.03. The summed E-state index contributed by atoms with van der Waals surface area (Å²) in [6.07, 6.45) is 4.86. The third-order valence-electron chi connectivity index (χ3n) is 3.14. The second kappa shape index (κ2) is 5.54. The molecule has 1 aliphatic rings. The van der Waals surface area contributed by atoms with E-state index in [0.717, 1.165) is 16.8 Å². The van der Waals surface area contributed by atoms with Crippen LogP contribution in [0.15, 0.2) is 22.7 Å². The molecule has 1 aromatic carbocycles. The van der Waals surface area contributed by atoms with Crippen molar-refractivity contribution in [1.29, 1.82) is 0 Å². The highest BCUT2D eigenvalue weighted by atomic mass is 79.9. The third kappa shape index (κ3) is 3.46. The van der Waals surface area contributed by atoms with Gasteiger partial charge in [0.2, 0.25) is 0 Å². The highest BCUT2D eigenvalue weighted by Gasteiger charge is 2.17. The SMILES string of the molecule is Nc1cc(Br)cc(C(=O)OCCC2CCC2)c1. The van der Waals surface area contributed by atoms with Crippen LogP contribution in [0.2, 0.25) is 0 Å². The summed E-state index contributed by atoms with van der Waals surface area (Å²) in [6, 6.07) is 5.11. The van der Waals surface area contributed by atoms with Crippen molar-refractivity contribution in [2.75, 3.05) is 12.3 Å². The molecule has 4 heteroatoms. The maximum Gasteiger partial charge on any atom is 0.338 e. The lowest BCUT2D eigenvalue weighted by Crippen LogP contribution is -2.15. The fraction of sp³-hybridized carbons (Fsp3) is 0.462. The number of esters is 1. The molecule has 1 aromatic rings. The molecule has 0 amide bonds. The van der Waals surface area contributed by atoms with E-state index in [4.69, 9.17) is 10.5 Å². The van der Waals surface area contributed by atoms with Crippen LogP contribution in [0.5, 0.6) is 0 Å². The number of anilines is 1. The van der Waals surface area contributed by atoms with Crippen LogP contribution in [0.3, 0.4) is 0 Å². The Labute approximate surface area is 109 Å². The quantitative estimate of drug-likeness (QED) is 0.685. The molecule has 0 bridgehead atoms. The van der Waals surface area contributed by atoms with Gasteiger partial charge in [0.05, 0.1) is 12.2 Å². The second-order valence-electron chi connectivity index (χ2n) is 4.49. The molecular formula is C13H16BrNO2. The van der Waals surface area contributed by atoms with E-state index < -0.39 is 0 Å². The van der Waals surface area contributed by atoms with E-state index in [9.17, 15) is 4.79 Å². The van der Waals surface area contributed by atoms with Crippen molar-refractivity contribution in [2.24, 2.45) is 5.92 Å². The Balaban J connectivity index is 1.85.